The number of morpholine rings is 1. The fraction of sp³-hybridized carbons (Fsp3) is 0.370. The third-order valence-corrected chi connectivity index (χ3v) is 6.78. The second kappa shape index (κ2) is 11.7. The summed E-state index contributed by atoms with van der Waals surface area (Å²) < 4.78 is 28.8. The fourth-order valence-electron chi connectivity index (χ4n) is 4.80. The first-order valence-electron chi connectivity index (χ1n) is 13.0. The van der Waals surface area contributed by atoms with E-state index in [2.05, 4.69) is 20.5 Å². The molecule has 0 bridgehead atoms. The van der Waals surface area contributed by atoms with E-state index < -0.39 is 17.2 Å². The predicted octanol–water partition coefficient (Wildman–Crippen LogP) is 1.76. The van der Waals surface area contributed by atoms with Crippen LogP contribution in [0.5, 0.6) is 11.5 Å². The highest BCUT2D eigenvalue weighted by molar-refractivity contribution is 6.01. The van der Waals surface area contributed by atoms with Gasteiger partial charge in [-0.2, -0.15) is 0 Å². The van der Waals surface area contributed by atoms with E-state index >= 15 is 4.39 Å². The minimum Gasteiger partial charge on any atom is -0.451 e. The summed E-state index contributed by atoms with van der Waals surface area (Å²) >= 11 is 0. The molecule has 0 saturated carbocycles. The number of hydrogen-bond acceptors (Lipinski definition) is 7. The summed E-state index contributed by atoms with van der Waals surface area (Å²) in [6.07, 6.45) is 2.79. The summed E-state index contributed by atoms with van der Waals surface area (Å²) in [5, 5.41) is 6.01. The molecule has 0 radical (unpaired) electrons. The molecule has 0 spiro atoms. The smallest absolute Gasteiger partial charge is 0.256 e. The molecule has 6 N–H and O–H groups in total. The Morgan fingerprint density at radius 1 is 1.13 bits per heavy atom. The van der Waals surface area contributed by atoms with Crippen molar-refractivity contribution in [3.8, 4) is 17.2 Å². The molecule has 0 aliphatic carbocycles. The van der Waals surface area contributed by atoms with E-state index in [-0.39, 0.29) is 28.3 Å². The first-order valence-corrected chi connectivity index (χ1v) is 13.0. The van der Waals surface area contributed by atoms with Crippen molar-refractivity contribution in [1.82, 2.24) is 14.8 Å². The Kier molecular flexibility index (Phi) is 7.94. The molecule has 12 heteroatoms. The summed E-state index contributed by atoms with van der Waals surface area (Å²) in [5.74, 6) is -0.438. The van der Waals surface area contributed by atoms with Gasteiger partial charge in [-0.25, -0.2) is 4.39 Å². The Morgan fingerprint density at radius 2 is 1.92 bits per heavy atom. The number of benzene rings is 2. The number of nitrogens with zero attached hydrogens (tertiary/aromatic N) is 3. The average molecular weight is 538 g/mol. The highest BCUT2D eigenvalue weighted by Crippen LogP contribution is 2.44. The van der Waals surface area contributed by atoms with Gasteiger partial charge in [-0.1, -0.05) is 12.1 Å². The molecule has 0 unspecified atom stereocenters. The number of carbonyl (C=O) groups excluding carboxylic acids is 1. The highest BCUT2D eigenvalue weighted by atomic mass is 19.1. The van der Waals surface area contributed by atoms with E-state index in [1.165, 1.54) is 12.3 Å². The number of unbranched alkanes of at least 4 members (excludes halogenated alkanes) is 1. The van der Waals surface area contributed by atoms with Gasteiger partial charge in [-0.05, 0) is 31.0 Å². The standard InChI is InChI=1S/C27H32FN7O4/c28-19-15-17-23-25(22(19)31-9-10-34-11-13-38-14-12-34)39-21-6-2-1-5-20(21)35(23)16-18(24(17)36)26(37)32-7-3-4-8-33-27(29)30/h1-2,5-6,15-16,31H,3-4,7-14H2,(H,32,37)(H4,29,30,33). The van der Waals surface area contributed by atoms with Crippen LogP contribution in [-0.2, 0) is 4.74 Å². The number of fused-ring (bicyclic) bond motifs is 2. The Balaban J connectivity index is 1.45. The van der Waals surface area contributed by atoms with Crippen molar-refractivity contribution in [2.24, 2.45) is 16.5 Å². The quantitative estimate of drug-likeness (QED) is 0.136. The molecule has 0 atom stereocenters. The Bertz CT molecular complexity index is 1460. The van der Waals surface area contributed by atoms with Crippen molar-refractivity contribution in [1.29, 1.82) is 0 Å². The monoisotopic (exact) mass is 537 g/mol. The number of carbonyl (C=O) groups is 1. The molecule has 206 valence electrons. The zero-order chi connectivity index (χ0) is 27.4. The maximum absolute atomic E-state index is 15.5. The molecule has 39 heavy (non-hydrogen) atoms. The Hall–Kier alpha value is -4.16. The Morgan fingerprint density at radius 3 is 2.72 bits per heavy atom. The molecule has 2 aliphatic heterocycles. The molecular formula is C27H32FN7O4. The number of amides is 1. The van der Waals surface area contributed by atoms with Crippen LogP contribution in [0.1, 0.15) is 23.2 Å². The summed E-state index contributed by atoms with van der Waals surface area (Å²) in [7, 11) is 0. The SMILES string of the molecule is NC(N)=NCCCCNC(=O)c1cn2c3c(c(NCCN4CCOCC4)c(F)cc3c1=O)Oc1ccccc1-2. The van der Waals surface area contributed by atoms with Crippen LogP contribution in [0.15, 0.2) is 46.3 Å². The topological polar surface area (TPSA) is 149 Å². The van der Waals surface area contributed by atoms with Crippen LogP contribution < -0.4 is 32.3 Å². The van der Waals surface area contributed by atoms with E-state index in [4.69, 9.17) is 20.9 Å². The number of nitrogens with two attached hydrogens (primary N) is 2. The second-order valence-corrected chi connectivity index (χ2v) is 9.42. The normalized spacial score (nSPS) is 14.4. The van der Waals surface area contributed by atoms with Gasteiger partial charge in [0, 0.05) is 45.5 Å². The number of hydrogen-bond donors (Lipinski definition) is 4. The van der Waals surface area contributed by atoms with Crippen LogP contribution >= 0.6 is 0 Å². The predicted molar refractivity (Wildman–Crippen MR) is 148 cm³/mol. The molecule has 1 saturated heterocycles. The maximum Gasteiger partial charge on any atom is 0.256 e. The molecule has 1 aromatic heterocycles. The molecule has 1 amide bonds. The second-order valence-electron chi connectivity index (χ2n) is 9.42. The lowest BCUT2D eigenvalue weighted by atomic mass is 10.1. The molecule has 3 heterocycles. The molecule has 5 rings (SSSR count). The summed E-state index contributed by atoms with van der Waals surface area (Å²) in [6, 6.07) is 8.41. The van der Waals surface area contributed by atoms with Gasteiger partial charge in [0.25, 0.3) is 5.91 Å². The summed E-state index contributed by atoms with van der Waals surface area (Å²) in [6.45, 7) is 4.96. The number of halogens is 1. The first kappa shape index (κ1) is 26.4. The first-order chi connectivity index (χ1) is 18.9. The van der Waals surface area contributed by atoms with Crippen molar-refractivity contribution in [2.45, 2.75) is 12.8 Å². The number of nitrogens with one attached hydrogen (secondary N) is 2. The van der Waals surface area contributed by atoms with Crippen LogP contribution in [0.25, 0.3) is 16.6 Å². The number of ether oxygens (including phenoxy) is 2. The van der Waals surface area contributed by atoms with Crippen molar-refractivity contribution in [2.75, 3.05) is 57.8 Å². The van der Waals surface area contributed by atoms with Crippen LogP contribution in [0, 0.1) is 5.82 Å². The maximum atomic E-state index is 15.5. The van der Waals surface area contributed by atoms with Gasteiger partial charge in [0.15, 0.2) is 23.3 Å². The zero-order valence-corrected chi connectivity index (χ0v) is 21.5. The fourth-order valence-corrected chi connectivity index (χ4v) is 4.80. The van der Waals surface area contributed by atoms with E-state index in [9.17, 15) is 9.59 Å². The lowest BCUT2D eigenvalue weighted by Crippen LogP contribution is -2.39. The van der Waals surface area contributed by atoms with E-state index in [1.54, 1.807) is 10.6 Å². The van der Waals surface area contributed by atoms with Gasteiger partial charge in [-0.15, -0.1) is 0 Å². The van der Waals surface area contributed by atoms with Gasteiger partial charge in [-0.3, -0.25) is 19.5 Å². The minimum absolute atomic E-state index is 0.0171. The molecule has 3 aromatic rings. The number of aliphatic imine (C=N–C) groups is 1. The highest BCUT2D eigenvalue weighted by Gasteiger charge is 2.28. The third kappa shape index (κ3) is 5.66. The molecule has 2 aromatic carbocycles. The third-order valence-electron chi connectivity index (χ3n) is 6.78. The largest absolute Gasteiger partial charge is 0.451 e. The van der Waals surface area contributed by atoms with Gasteiger partial charge < -0.3 is 36.1 Å². The number of aromatic nitrogens is 1. The van der Waals surface area contributed by atoms with Crippen molar-refractivity contribution < 1.29 is 18.7 Å². The van der Waals surface area contributed by atoms with Gasteiger partial charge in [0.05, 0.1) is 24.3 Å². The van der Waals surface area contributed by atoms with Crippen LogP contribution in [0.3, 0.4) is 0 Å². The lowest BCUT2D eigenvalue weighted by molar-refractivity contribution is 0.0398. The van der Waals surface area contributed by atoms with E-state index in [1.807, 2.05) is 18.2 Å². The lowest BCUT2D eigenvalue weighted by Gasteiger charge is -2.28. The molecule has 11 nitrogen and oxygen atoms in total. The van der Waals surface area contributed by atoms with E-state index in [0.29, 0.717) is 69.2 Å². The number of guanidine groups is 1. The minimum atomic E-state index is -0.625. The van der Waals surface area contributed by atoms with Gasteiger partial charge in [0.2, 0.25) is 5.43 Å². The summed E-state index contributed by atoms with van der Waals surface area (Å²) in [4.78, 5) is 32.6. The van der Waals surface area contributed by atoms with Crippen LogP contribution in [-0.4, -0.2) is 73.8 Å². The summed E-state index contributed by atoms with van der Waals surface area (Å²) in [5.41, 5.74) is 11.2. The van der Waals surface area contributed by atoms with Gasteiger partial charge >= 0.3 is 0 Å². The van der Waals surface area contributed by atoms with E-state index in [0.717, 1.165) is 13.1 Å². The van der Waals surface area contributed by atoms with Crippen LogP contribution in [0.2, 0.25) is 0 Å². The van der Waals surface area contributed by atoms with Gasteiger partial charge in [0.1, 0.15) is 16.8 Å². The molecular weight excluding hydrogens is 505 g/mol. The number of anilines is 1. The Labute approximate surface area is 224 Å². The zero-order valence-electron chi connectivity index (χ0n) is 21.5. The van der Waals surface area contributed by atoms with Crippen molar-refractivity contribution >= 4 is 28.5 Å². The number of pyridine rings is 1. The number of para-hydroxylation sites is 2. The molecule has 1 fully saturated rings. The van der Waals surface area contributed by atoms with Crippen molar-refractivity contribution in [3.63, 3.8) is 0 Å². The molecule has 2 aliphatic rings. The number of rotatable bonds is 10. The average Bonchev–Trinajstić information content (AvgIpc) is 2.93. The van der Waals surface area contributed by atoms with Crippen molar-refractivity contribution in [3.05, 3.63) is 58.1 Å². The van der Waals surface area contributed by atoms with Crippen LogP contribution in [0.4, 0.5) is 10.1 Å².